The van der Waals surface area contributed by atoms with Gasteiger partial charge in [0.15, 0.2) is 5.82 Å². The molecule has 1 atom stereocenters. The first-order valence-electron chi connectivity index (χ1n) is 6.88. The summed E-state index contributed by atoms with van der Waals surface area (Å²) < 4.78 is 12.2. The smallest absolute Gasteiger partial charge is 0.223 e. The van der Waals surface area contributed by atoms with Gasteiger partial charge in [-0.1, -0.05) is 0 Å². The van der Waals surface area contributed by atoms with E-state index >= 15 is 0 Å². The van der Waals surface area contributed by atoms with E-state index in [4.69, 9.17) is 9.47 Å². The Hall–Kier alpha value is -1.47. The van der Waals surface area contributed by atoms with Gasteiger partial charge >= 0.3 is 0 Å². The Kier molecular flexibility index (Phi) is 5.49. The lowest BCUT2D eigenvalue weighted by Gasteiger charge is -2.18. The molecule has 1 aromatic heterocycles. The lowest BCUT2D eigenvalue weighted by atomic mass is 10.0. The molecule has 0 spiro atoms. The molecule has 1 aliphatic rings. The second-order valence-electron chi connectivity index (χ2n) is 5.12. The standard InChI is InChI=1S/C13H22N4O3/c1-16(13(18)7-11-3-5-20-9-11)8-12-15-14-10-17(12)4-6-19-2/h10-11H,3-9H2,1-2H3/t11-/m0/s1. The van der Waals surface area contributed by atoms with E-state index in [0.29, 0.717) is 38.6 Å². The Morgan fingerprint density at radius 1 is 1.65 bits per heavy atom. The monoisotopic (exact) mass is 282 g/mol. The van der Waals surface area contributed by atoms with Crippen molar-refractivity contribution in [2.24, 2.45) is 5.92 Å². The molecule has 0 radical (unpaired) electrons. The Balaban J connectivity index is 1.85. The Morgan fingerprint density at radius 3 is 3.20 bits per heavy atom. The van der Waals surface area contributed by atoms with Crippen LogP contribution in [0.25, 0.3) is 0 Å². The van der Waals surface area contributed by atoms with E-state index in [1.54, 1.807) is 25.4 Å². The van der Waals surface area contributed by atoms with Crippen molar-refractivity contribution in [2.75, 3.05) is 34.0 Å². The Morgan fingerprint density at radius 2 is 2.50 bits per heavy atom. The Labute approximate surface area is 118 Å². The first-order chi connectivity index (χ1) is 9.70. The van der Waals surface area contributed by atoms with Crippen LogP contribution in [0.15, 0.2) is 6.33 Å². The number of aromatic nitrogens is 3. The zero-order chi connectivity index (χ0) is 14.4. The number of nitrogens with zero attached hydrogens (tertiary/aromatic N) is 4. The summed E-state index contributed by atoms with van der Waals surface area (Å²) in [5.41, 5.74) is 0. The van der Waals surface area contributed by atoms with Gasteiger partial charge in [0.05, 0.1) is 13.2 Å². The van der Waals surface area contributed by atoms with Crippen LogP contribution >= 0.6 is 0 Å². The summed E-state index contributed by atoms with van der Waals surface area (Å²) in [7, 11) is 3.46. The van der Waals surface area contributed by atoms with Crippen molar-refractivity contribution in [3.8, 4) is 0 Å². The topological polar surface area (TPSA) is 69.5 Å². The second kappa shape index (κ2) is 7.35. The van der Waals surface area contributed by atoms with Gasteiger partial charge in [-0.2, -0.15) is 0 Å². The van der Waals surface area contributed by atoms with Crippen LogP contribution in [0.2, 0.25) is 0 Å². The largest absolute Gasteiger partial charge is 0.383 e. The van der Waals surface area contributed by atoms with Crippen LogP contribution in [0.1, 0.15) is 18.7 Å². The zero-order valence-corrected chi connectivity index (χ0v) is 12.1. The molecule has 1 aromatic rings. The molecule has 1 fully saturated rings. The van der Waals surface area contributed by atoms with E-state index in [9.17, 15) is 4.79 Å². The molecule has 0 saturated carbocycles. The number of amides is 1. The zero-order valence-electron chi connectivity index (χ0n) is 12.1. The van der Waals surface area contributed by atoms with Crippen LogP contribution in [0.5, 0.6) is 0 Å². The first kappa shape index (κ1) is 14.9. The van der Waals surface area contributed by atoms with Gasteiger partial charge in [0.25, 0.3) is 0 Å². The SMILES string of the molecule is COCCn1cnnc1CN(C)C(=O)C[C@@H]1CCOC1. The first-order valence-corrected chi connectivity index (χ1v) is 6.88. The van der Waals surface area contributed by atoms with Crippen LogP contribution in [-0.2, 0) is 27.4 Å². The Bertz CT molecular complexity index is 429. The van der Waals surface area contributed by atoms with E-state index in [2.05, 4.69) is 10.2 Å². The van der Waals surface area contributed by atoms with Gasteiger partial charge < -0.3 is 18.9 Å². The molecule has 7 nitrogen and oxygen atoms in total. The summed E-state index contributed by atoms with van der Waals surface area (Å²) in [6, 6.07) is 0. The fourth-order valence-corrected chi connectivity index (χ4v) is 2.23. The van der Waals surface area contributed by atoms with Crippen LogP contribution in [0, 0.1) is 5.92 Å². The van der Waals surface area contributed by atoms with Gasteiger partial charge in [-0.3, -0.25) is 4.79 Å². The number of rotatable bonds is 7. The maximum absolute atomic E-state index is 12.1. The number of hydrogen-bond donors (Lipinski definition) is 0. The average Bonchev–Trinajstić information content (AvgIpc) is 3.08. The maximum atomic E-state index is 12.1. The third-order valence-electron chi connectivity index (χ3n) is 3.52. The quantitative estimate of drug-likeness (QED) is 0.720. The van der Waals surface area contributed by atoms with Crippen LogP contribution < -0.4 is 0 Å². The molecule has 2 rings (SSSR count). The lowest BCUT2D eigenvalue weighted by Crippen LogP contribution is -2.29. The summed E-state index contributed by atoms with van der Waals surface area (Å²) in [5, 5.41) is 7.95. The molecule has 20 heavy (non-hydrogen) atoms. The molecule has 1 aliphatic heterocycles. The minimum atomic E-state index is 0.127. The van der Waals surface area contributed by atoms with Crippen molar-refractivity contribution in [1.82, 2.24) is 19.7 Å². The average molecular weight is 282 g/mol. The molecule has 2 heterocycles. The van der Waals surface area contributed by atoms with Crippen LogP contribution in [0.4, 0.5) is 0 Å². The molecule has 0 bridgehead atoms. The highest BCUT2D eigenvalue weighted by Gasteiger charge is 2.21. The van der Waals surface area contributed by atoms with Crippen molar-refractivity contribution in [2.45, 2.75) is 25.9 Å². The molecular weight excluding hydrogens is 260 g/mol. The predicted molar refractivity (Wildman–Crippen MR) is 71.9 cm³/mol. The number of methoxy groups -OCH3 is 1. The minimum Gasteiger partial charge on any atom is -0.383 e. The molecule has 7 heteroatoms. The number of ether oxygens (including phenoxy) is 2. The van der Waals surface area contributed by atoms with Gasteiger partial charge in [-0.05, 0) is 12.3 Å². The highest BCUT2D eigenvalue weighted by molar-refractivity contribution is 5.76. The highest BCUT2D eigenvalue weighted by atomic mass is 16.5. The minimum absolute atomic E-state index is 0.127. The molecule has 0 aromatic carbocycles. The molecule has 1 saturated heterocycles. The summed E-state index contributed by atoms with van der Waals surface area (Å²) in [6.45, 7) is 3.23. The van der Waals surface area contributed by atoms with E-state index in [-0.39, 0.29) is 5.91 Å². The van der Waals surface area contributed by atoms with Crippen molar-refractivity contribution in [3.05, 3.63) is 12.2 Å². The van der Waals surface area contributed by atoms with Gasteiger partial charge in [-0.25, -0.2) is 0 Å². The van der Waals surface area contributed by atoms with Crippen molar-refractivity contribution >= 4 is 5.91 Å². The third-order valence-corrected chi connectivity index (χ3v) is 3.52. The highest BCUT2D eigenvalue weighted by Crippen LogP contribution is 2.17. The van der Waals surface area contributed by atoms with E-state index in [0.717, 1.165) is 18.9 Å². The van der Waals surface area contributed by atoms with Crippen molar-refractivity contribution in [3.63, 3.8) is 0 Å². The third kappa shape index (κ3) is 4.01. The lowest BCUT2D eigenvalue weighted by molar-refractivity contribution is -0.131. The fourth-order valence-electron chi connectivity index (χ4n) is 2.23. The number of hydrogen-bond acceptors (Lipinski definition) is 5. The van der Waals surface area contributed by atoms with Gasteiger partial charge in [-0.15, -0.1) is 10.2 Å². The molecule has 0 aliphatic carbocycles. The molecular formula is C13H22N4O3. The van der Waals surface area contributed by atoms with E-state index < -0.39 is 0 Å². The summed E-state index contributed by atoms with van der Waals surface area (Å²) in [6.07, 6.45) is 3.18. The number of carbonyl (C=O) groups is 1. The summed E-state index contributed by atoms with van der Waals surface area (Å²) in [5.74, 6) is 1.26. The fraction of sp³-hybridized carbons (Fsp3) is 0.769. The van der Waals surface area contributed by atoms with E-state index in [1.165, 1.54) is 0 Å². The maximum Gasteiger partial charge on any atom is 0.223 e. The molecule has 0 unspecified atom stereocenters. The predicted octanol–water partition coefficient (Wildman–Crippen LogP) is 0.310. The molecule has 1 amide bonds. The summed E-state index contributed by atoms with van der Waals surface area (Å²) >= 11 is 0. The summed E-state index contributed by atoms with van der Waals surface area (Å²) in [4.78, 5) is 13.8. The van der Waals surface area contributed by atoms with Crippen molar-refractivity contribution < 1.29 is 14.3 Å². The normalized spacial score (nSPS) is 18.4. The van der Waals surface area contributed by atoms with Gasteiger partial charge in [0, 0.05) is 40.3 Å². The van der Waals surface area contributed by atoms with Crippen LogP contribution in [-0.4, -0.2) is 59.5 Å². The van der Waals surface area contributed by atoms with E-state index in [1.807, 2.05) is 4.57 Å². The second-order valence-corrected chi connectivity index (χ2v) is 5.12. The molecule has 112 valence electrons. The van der Waals surface area contributed by atoms with Crippen molar-refractivity contribution in [1.29, 1.82) is 0 Å². The van der Waals surface area contributed by atoms with Gasteiger partial charge in [0.1, 0.15) is 6.33 Å². The van der Waals surface area contributed by atoms with Crippen LogP contribution in [0.3, 0.4) is 0 Å². The molecule has 0 N–H and O–H groups in total. The van der Waals surface area contributed by atoms with Gasteiger partial charge in [0.2, 0.25) is 5.91 Å². The number of carbonyl (C=O) groups excluding carboxylic acids is 1.